The molecule has 6 nitrogen and oxygen atoms in total. The summed E-state index contributed by atoms with van der Waals surface area (Å²) < 4.78 is 14.8. The monoisotopic (exact) mass is 332 g/mol. The molecule has 1 fully saturated rings. The van der Waals surface area contributed by atoms with Crippen LogP contribution in [0.1, 0.15) is 24.8 Å². The Morgan fingerprint density at radius 1 is 1.42 bits per heavy atom. The quantitative estimate of drug-likeness (QED) is 0.900. The summed E-state index contributed by atoms with van der Waals surface area (Å²) in [4.78, 5) is 14.0. The van der Waals surface area contributed by atoms with Gasteiger partial charge in [0.2, 0.25) is 0 Å². The van der Waals surface area contributed by atoms with Crippen molar-refractivity contribution < 1.29 is 14.3 Å². The van der Waals surface area contributed by atoms with E-state index < -0.39 is 0 Å². The highest BCUT2D eigenvalue weighted by Gasteiger charge is 2.25. The van der Waals surface area contributed by atoms with Crippen molar-refractivity contribution in [3.05, 3.63) is 48.0 Å². The van der Waals surface area contributed by atoms with E-state index >= 15 is 0 Å². The van der Waals surface area contributed by atoms with E-state index in [0.717, 1.165) is 24.8 Å². The highest BCUT2D eigenvalue weighted by atomic mass is 19.1. The first-order chi connectivity index (χ1) is 11.7. The molecule has 0 radical (unpaired) electrons. The van der Waals surface area contributed by atoms with Crippen molar-refractivity contribution in [1.29, 1.82) is 0 Å². The SMILES string of the molecule is O=C(NCc1cnn(-c2cccc(F)c2)c1)N1CCCC[C@H]1CO. The molecule has 0 saturated carbocycles. The molecular weight excluding hydrogens is 311 g/mol. The van der Waals surface area contributed by atoms with Crippen LogP contribution >= 0.6 is 0 Å². The number of hydrogen-bond acceptors (Lipinski definition) is 3. The van der Waals surface area contributed by atoms with Gasteiger partial charge < -0.3 is 15.3 Å². The van der Waals surface area contributed by atoms with E-state index in [1.54, 1.807) is 34.1 Å². The number of aliphatic hydroxyl groups excluding tert-OH is 1. The highest BCUT2D eigenvalue weighted by Crippen LogP contribution is 2.16. The van der Waals surface area contributed by atoms with Crippen LogP contribution in [0.2, 0.25) is 0 Å². The number of hydrogen-bond donors (Lipinski definition) is 2. The van der Waals surface area contributed by atoms with E-state index in [-0.39, 0.29) is 24.5 Å². The van der Waals surface area contributed by atoms with Gasteiger partial charge in [-0.15, -0.1) is 0 Å². The molecule has 1 saturated heterocycles. The number of carbonyl (C=O) groups excluding carboxylic acids is 1. The van der Waals surface area contributed by atoms with Crippen LogP contribution in [-0.4, -0.2) is 45.0 Å². The zero-order valence-electron chi connectivity index (χ0n) is 13.4. The molecule has 2 aromatic rings. The van der Waals surface area contributed by atoms with Gasteiger partial charge in [-0.3, -0.25) is 0 Å². The minimum Gasteiger partial charge on any atom is -0.394 e. The third-order valence-electron chi connectivity index (χ3n) is 4.25. The van der Waals surface area contributed by atoms with Crippen molar-refractivity contribution in [2.75, 3.05) is 13.2 Å². The van der Waals surface area contributed by atoms with Crippen molar-refractivity contribution in [3.8, 4) is 5.69 Å². The van der Waals surface area contributed by atoms with Crippen LogP contribution < -0.4 is 5.32 Å². The Labute approximate surface area is 139 Å². The van der Waals surface area contributed by atoms with Gasteiger partial charge in [-0.1, -0.05) is 6.07 Å². The van der Waals surface area contributed by atoms with Gasteiger partial charge in [0.15, 0.2) is 0 Å². The lowest BCUT2D eigenvalue weighted by Crippen LogP contribution is -2.49. The van der Waals surface area contributed by atoms with Crippen LogP contribution in [0.15, 0.2) is 36.7 Å². The number of amides is 2. The number of likely N-dealkylation sites (tertiary alicyclic amines) is 1. The fourth-order valence-electron chi connectivity index (χ4n) is 2.95. The second kappa shape index (κ2) is 7.44. The lowest BCUT2D eigenvalue weighted by Gasteiger charge is -2.34. The standard InChI is InChI=1S/C17H21FN4O2/c18-14-4-3-6-15(8-14)22-11-13(10-20-22)9-19-17(24)21-7-2-1-5-16(21)12-23/h3-4,6,8,10-11,16,23H,1-2,5,7,9,12H2,(H,19,24)/t16-/m0/s1. The zero-order valence-corrected chi connectivity index (χ0v) is 13.4. The normalized spacial score (nSPS) is 17.8. The maximum absolute atomic E-state index is 13.3. The van der Waals surface area contributed by atoms with Crippen LogP contribution in [-0.2, 0) is 6.54 Å². The molecule has 0 spiro atoms. The Morgan fingerprint density at radius 3 is 3.08 bits per heavy atom. The fraction of sp³-hybridized carbons (Fsp3) is 0.412. The summed E-state index contributed by atoms with van der Waals surface area (Å²) >= 11 is 0. The molecule has 24 heavy (non-hydrogen) atoms. The van der Waals surface area contributed by atoms with Crippen LogP contribution in [0.25, 0.3) is 5.69 Å². The second-order valence-corrected chi connectivity index (χ2v) is 5.96. The van der Waals surface area contributed by atoms with Crippen LogP contribution in [0, 0.1) is 5.82 Å². The number of nitrogens with zero attached hydrogens (tertiary/aromatic N) is 3. The van der Waals surface area contributed by atoms with E-state index in [1.165, 1.54) is 12.1 Å². The smallest absolute Gasteiger partial charge is 0.317 e. The number of nitrogens with one attached hydrogen (secondary N) is 1. The van der Waals surface area contributed by atoms with Crippen molar-refractivity contribution in [3.63, 3.8) is 0 Å². The number of aromatic nitrogens is 2. The molecule has 0 aliphatic carbocycles. The molecule has 1 aromatic heterocycles. The van der Waals surface area contributed by atoms with Gasteiger partial charge in [-0.2, -0.15) is 5.10 Å². The highest BCUT2D eigenvalue weighted by molar-refractivity contribution is 5.74. The first kappa shape index (κ1) is 16.4. The fourth-order valence-corrected chi connectivity index (χ4v) is 2.95. The molecular formula is C17H21FN4O2. The summed E-state index contributed by atoms with van der Waals surface area (Å²) in [6, 6.07) is 5.89. The number of carbonyl (C=O) groups is 1. The van der Waals surface area contributed by atoms with Crippen LogP contribution in [0.4, 0.5) is 9.18 Å². The Hall–Kier alpha value is -2.41. The Kier molecular flexibility index (Phi) is 5.10. The number of benzene rings is 1. The van der Waals surface area contributed by atoms with Gasteiger partial charge in [0, 0.05) is 24.8 Å². The lowest BCUT2D eigenvalue weighted by atomic mass is 10.0. The molecule has 1 aliphatic heterocycles. The molecule has 1 aromatic carbocycles. The molecule has 3 rings (SSSR count). The van der Waals surface area contributed by atoms with E-state index in [1.807, 2.05) is 0 Å². The molecule has 7 heteroatoms. The Morgan fingerprint density at radius 2 is 2.29 bits per heavy atom. The average molecular weight is 332 g/mol. The van der Waals surface area contributed by atoms with E-state index in [2.05, 4.69) is 10.4 Å². The van der Waals surface area contributed by atoms with Gasteiger partial charge >= 0.3 is 6.03 Å². The van der Waals surface area contributed by atoms with Crippen molar-refractivity contribution in [2.45, 2.75) is 31.8 Å². The number of urea groups is 1. The molecule has 1 aliphatic rings. The molecule has 0 unspecified atom stereocenters. The van der Waals surface area contributed by atoms with E-state index in [0.29, 0.717) is 18.8 Å². The summed E-state index contributed by atoms with van der Waals surface area (Å²) in [5.74, 6) is -0.321. The van der Waals surface area contributed by atoms with Crippen molar-refractivity contribution in [2.24, 2.45) is 0 Å². The van der Waals surface area contributed by atoms with E-state index in [9.17, 15) is 14.3 Å². The average Bonchev–Trinajstić information content (AvgIpc) is 3.08. The molecule has 0 bridgehead atoms. The first-order valence-corrected chi connectivity index (χ1v) is 8.12. The first-order valence-electron chi connectivity index (χ1n) is 8.12. The predicted octanol–water partition coefficient (Wildman–Crippen LogP) is 2.07. The summed E-state index contributed by atoms with van der Waals surface area (Å²) in [5, 5.41) is 16.4. The number of rotatable bonds is 4. The van der Waals surface area contributed by atoms with Crippen molar-refractivity contribution in [1.82, 2.24) is 20.0 Å². The predicted molar refractivity (Wildman–Crippen MR) is 87.2 cm³/mol. The maximum atomic E-state index is 13.3. The summed E-state index contributed by atoms with van der Waals surface area (Å²) in [7, 11) is 0. The van der Waals surface area contributed by atoms with Gasteiger partial charge in [0.25, 0.3) is 0 Å². The van der Waals surface area contributed by atoms with E-state index in [4.69, 9.17) is 0 Å². The van der Waals surface area contributed by atoms with Crippen molar-refractivity contribution >= 4 is 6.03 Å². The third kappa shape index (κ3) is 3.73. The number of aliphatic hydroxyl groups is 1. The third-order valence-corrected chi connectivity index (χ3v) is 4.25. The molecule has 128 valence electrons. The maximum Gasteiger partial charge on any atom is 0.317 e. The molecule has 1 atom stereocenters. The number of halogens is 1. The van der Waals surface area contributed by atoms with Crippen LogP contribution in [0.3, 0.4) is 0 Å². The summed E-state index contributed by atoms with van der Waals surface area (Å²) in [5.41, 5.74) is 1.45. The summed E-state index contributed by atoms with van der Waals surface area (Å²) in [6.07, 6.45) is 6.23. The largest absolute Gasteiger partial charge is 0.394 e. The molecule has 2 heterocycles. The zero-order chi connectivity index (χ0) is 16.9. The van der Waals surface area contributed by atoms with Crippen LogP contribution in [0.5, 0.6) is 0 Å². The molecule has 2 amide bonds. The topological polar surface area (TPSA) is 70.4 Å². The lowest BCUT2D eigenvalue weighted by molar-refractivity contribution is 0.108. The van der Waals surface area contributed by atoms with Gasteiger partial charge in [0.1, 0.15) is 5.82 Å². The summed E-state index contributed by atoms with van der Waals surface area (Å²) in [6.45, 7) is 0.993. The molecule has 2 N–H and O–H groups in total. The number of piperidine rings is 1. The Balaban J connectivity index is 1.60. The minimum atomic E-state index is -0.321. The Bertz CT molecular complexity index is 703. The second-order valence-electron chi connectivity index (χ2n) is 5.96. The minimum absolute atomic E-state index is 0.00900. The van der Waals surface area contributed by atoms with Gasteiger partial charge in [-0.25, -0.2) is 13.9 Å². The van der Waals surface area contributed by atoms with Gasteiger partial charge in [-0.05, 0) is 37.5 Å². The van der Waals surface area contributed by atoms with Gasteiger partial charge in [0.05, 0.1) is 24.5 Å².